The molecule has 7 heavy (non-hydrogen) atoms. The van der Waals surface area contributed by atoms with E-state index in [-0.39, 0.29) is 9.90 Å². The first-order chi connectivity index (χ1) is 2.56. The van der Waals surface area contributed by atoms with Gasteiger partial charge in [-0.25, -0.2) is 5.26 Å². The molecule has 0 aliphatic carbocycles. The molecular formula is H5O5PS. The summed E-state index contributed by atoms with van der Waals surface area (Å²) in [5, 5.41) is 7.06. The van der Waals surface area contributed by atoms with Crippen molar-refractivity contribution < 1.29 is 22.6 Å². The van der Waals surface area contributed by atoms with E-state index in [0.29, 0.717) is 0 Å². The van der Waals surface area contributed by atoms with Crippen molar-refractivity contribution in [3.8, 4) is 0 Å². The van der Waals surface area contributed by atoms with E-state index in [9.17, 15) is 0 Å². The molecule has 0 rings (SSSR count). The summed E-state index contributed by atoms with van der Waals surface area (Å²) in [6, 6.07) is 0. The van der Waals surface area contributed by atoms with Gasteiger partial charge in [0.2, 0.25) is 0 Å². The van der Waals surface area contributed by atoms with Crippen molar-refractivity contribution in [1.82, 2.24) is 0 Å². The van der Waals surface area contributed by atoms with Crippen LogP contribution in [-0.4, -0.2) is 18.2 Å². The van der Waals surface area contributed by atoms with Crippen molar-refractivity contribution in [3.63, 3.8) is 0 Å². The molecule has 1 unspecified atom stereocenters. The van der Waals surface area contributed by atoms with E-state index in [2.05, 4.69) is 4.33 Å². The molecule has 2 N–H and O–H groups in total. The molecule has 0 bridgehead atoms. The van der Waals surface area contributed by atoms with Crippen LogP contribution in [0.1, 0.15) is 0 Å². The second kappa shape index (κ2) is 3.29. The Hall–Kier alpha value is 0.260. The Morgan fingerprint density at radius 3 is 1.57 bits per heavy atom. The monoisotopic (exact) mass is 148 g/mol. The van der Waals surface area contributed by atoms with Crippen LogP contribution < -0.4 is 0 Å². The topological polar surface area (TPSA) is 83.8 Å². The lowest BCUT2D eigenvalue weighted by Crippen LogP contribution is -1.97. The zero-order valence-electron chi connectivity index (χ0n) is 3.23. The average Bonchev–Trinajstić information content (AvgIpc) is 1.35. The molecule has 7 heteroatoms. The molecule has 0 saturated carbocycles. The molecule has 0 fully saturated rings. The lowest BCUT2D eigenvalue weighted by atomic mass is 15.0. The fraction of sp³-hybridized carbons (Fsp3) is 0. The molecule has 0 spiro atoms. The Morgan fingerprint density at radius 2 is 1.57 bits per heavy atom. The Kier molecular flexibility index (Phi) is 4.83. The van der Waals surface area contributed by atoms with Crippen molar-refractivity contribution in [2.24, 2.45) is 0 Å². The maximum absolute atomic E-state index is 9.08. The first kappa shape index (κ1) is 10.3. The van der Waals surface area contributed by atoms with Crippen LogP contribution in [0.4, 0.5) is 0 Å². The molecule has 0 heterocycles. The molecule has 5 nitrogen and oxygen atoms in total. The fourth-order valence-electron chi connectivity index (χ4n) is 0. The van der Waals surface area contributed by atoms with Gasteiger partial charge in [-0.05, 0) is 0 Å². The van der Waals surface area contributed by atoms with Crippen molar-refractivity contribution in [2.45, 2.75) is 0 Å². The quantitative estimate of drug-likeness (QED) is 0.223. The van der Waals surface area contributed by atoms with Crippen molar-refractivity contribution >= 4 is 20.3 Å². The molecule has 46 valence electrons. The summed E-state index contributed by atoms with van der Waals surface area (Å²) < 4.78 is 28.0. The van der Waals surface area contributed by atoms with Crippen LogP contribution in [0.15, 0.2) is 0 Å². The van der Waals surface area contributed by atoms with E-state index in [0.717, 1.165) is 0 Å². The van der Waals surface area contributed by atoms with Gasteiger partial charge in [-0.15, -0.1) is 0 Å². The van der Waals surface area contributed by atoms with Crippen LogP contribution in [0, 0.1) is 0 Å². The summed E-state index contributed by atoms with van der Waals surface area (Å²) in [4.78, 5) is 0. The van der Waals surface area contributed by atoms with Gasteiger partial charge < -0.3 is 0 Å². The molecule has 0 aromatic rings. The highest BCUT2D eigenvalue weighted by atomic mass is 32.3. The fourth-order valence-corrected chi connectivity index (χ4v) is 0. The van der Waals surface area contributed by atoms with E-state index >= 15 is 0 Å². The molecule has 1 atom stereocenters. The third-order valence-corrected chi connectivity index (χ3v) is 0.283. The van der Waals surface area contributed by atoms with Crippen molar-refractivity contribution in [3.05, 3.63) is 0 Å². The lowest BCUT2D eigenvalue weighted by molar-refractivity contribution is -0.139. The van der Waals surface area contributed by atoms with Crippen LogP contribution in [-0.2, 0) is 14.7 Å². The van der Waals surface area contributed by atoms with Gasteiger partial charge in [0.25, 0.3) is 0 Å². The van der Waals surface area contributed by atoms with E-state index in [1.54, 1.807) is 0 Å². The zero-order chi connectivity index (χ0) is 5.21. The second-order valence-electron chi connectivity index (χ2n) is 0.502. The highest BCUT2D eigenvalue weighted by Crippen LogP contribution is 1.74. The van der Waals surface area contributed by atoms with Gasteiger partial charge in [-0.3, -0.25) is 4.55 Å². The predicted octanol–water partition coefficient (Wildman–Crippen LogP) is -0.663. The predicted molar refractivity (Wildman–Crippen MR) is 26.4 cm³/mol. The van der Waals surface area contributed by atoms with Gasteiger partial charge >= 0.3 is 10.4 Å². The van der Waals surface area contributed by atoms with E-state index in [1.165, 1.54) is 0 Å². The average molecular weight is 148 g/mol. The van der Waals surface area contributed by atoms with Crippen LogP contribution >= 0.6 is 9.90 Å². The van der Waals surface area contributed by atoms with Crippen molar-refractivity contribution in [1.29, 1.82) is 0 Å². The van der Waals surface area contributed by atoms with Crippen LogP contribution in [0.25, 0.3) is 0 Å². The highest BCUT2D eigenvalue weighted by Gasteiger charge is 1.97. The SMILES string of the molecule is O=S(=O)(O)OO.P. The second-order valence-corrected chi connectivity index (χ2v) is 1.51. The number of rotatable bonds is 1. The van der Waals surface area contributed by atoms with Crippen LogP contribution in [0.5, 0.6) is 0 Å². The van der Waals surface area contributed by atoms with E-state index in [1.807, 2.05) is 0 Å². The van der Waals surface area contributed by atoms with Gasteiger partial charge in [-0.1, -0.05) is 4.33 Å². The Morgan fingerprint density at radius 1 is 1.43 bits per heavy atom. The summed E-state index contributed by atoms with van der Waals surface area (Å²) >= 11 is 0. The molecule has 0 aliphatic rings. The van der Waals surface area contributed by atoms with Crippen LogP contribution in [0.2, 0.25) is 0 Å². The van der Waals surface area contributed by atoms with Gasteiger partial charge in [0.15, 0.2) is 0 Å². The summed E-state index contributed by atoms with van der Waals surface area (Å²) in [6.07, 6.45) is 0. The maximum atomic E-state index is 9.08. The summed E-state index contributed by atoms with van der Waals surface area (Å²) in [6.45, 7) is 0. The molecule has 0 aromatic carbocycles. The number of hydrogen-bond donors (Lipinski definition) is 2. The Bertz CT molecular complexity index is 110. The minimum atomic E-state index is -4.61. The van der Waals surface area contributed by atoms with Gasteiger partial charge in [0.05, 0.1) is 0 Å². The highest BCUT2D eigenvalue weighted by molar-refractivity contribution is 7.80. The minimum Gasteiger partial charge on any atom is -0.262 e. The van der Waals surface area contributed by atoms with Gasteiger partial charge in [0.1, 0.15) is 0 Å². The minimum absolute atomic E-state index is 0. The summed E-state index contributed by atoms with van der Waals surface area (Å²) in [5.41, 5.74) is 0. The lowest BCUT2D eigenvalue weighted by Gasteiger charge is -1.79. The Balaban J connectivity index is 0. The largest absolute Gasteiger partial charge is 0.423 e. The number of hydrogen-bond acceptors (Lipinski definition) is 4. The van der Waals surface area contributed by atoms with E-state index in [4.69, 9.17) is 18.2 Å². The third kappa shape index (κ3) is 10.7. The van der Waals surface area contributed by atoms with Gasteiger partial charge in [0, 0.05) is 0 Å². The molecule has 0 amide bonds. The van der Waals surface area contributed by atoms with Gasteiger partial charge in [-0.2, -0.15) is 18.3 Å². The van der Waals surface area contributed by atoms with E-state index < -0.39 is 10.4 Å². The van der Waals surface area contributed by atoms with Crippen LogP contribution in [0.3, 0.4) is 0 Å². The van der Waals surface area contributed by atoms with Crippen molar-refractivity contribution in [2.75, 3.05) is 0 Å². The smallest absolute Gasteiger partial charge is 0.262 e. The standard InChI is InChI=1S/H2O5S.H3P/c1-5-6(2,3)4;/h1H,(H,2,3,4);1H3. The first-order valence-corrected chi connectivity index (χ1v) is 2.23. The summed E-state index contributed by atoms with van der Waals surface area (Å²) in [5.74, 6) is 0. The summed E-state index contributed by atoms with van der Waals surface area (Å²) in [7, 11) is -4.61. The zero-order valence-corrected chi connectivity index (χ0v) is 5.47. The molecule has 0 radical (unpaired) electrons. The normalized spacial score (nSPS) is 10.0. The Labute approximate surface area is 43.8 Å². The molecular weight excluding hydrogens is 143 g/mol. The molecule has 0 aliphatic heterocycles. The maximum Gasteiger partial charge on any atom is 0.423 e. The third-order valence-electron chi connectivity index (χ3n) is 0.0942. The molecule has 0 aromatic heterocycles. The first-order valence-electron chi connectivity index (χ1n) is 0.865. The molecule has 0 saturated heterocycles.